The highest BCUT2D eigenvalue weighted by molar-refractivity contribution is 6.02. The Morgan fingerprint density at radius 1 is 0.684 bits per heavy atom. The number of amides is 1. The predicted octanol–water partition coefficient (Wildman–Crippen LogP) is 12.8. The maximum atomic E-state index is 13.0. The number of anilines is 1. The minimum absolute atomic E-state index is 0.00122. The number of carbonyl (C=O) groups excluding carboxylic acids is 1. The van der Waals surface area contributed by atoms with E-state index < -0.39 is 6.29 Å². The molecule has 5 aromatic rings. The molecule has 4 unspecified atom stereocenters. The van der Waals surface area contributed by atoms with Gasteiger partial charge in [-0.3, -0.25) is 9.69 Å². The van der Waals surface area contributed by atoms with Crippen molar-refractivity contribution in [1.82, 2.24) is 4.90 Å². The number of aliphatic hydroxyl groups is 1. The first-order chi connectivity index (χ1) is 27.9. The van der Waals surface area contributed by atoms with Crippen LogP contribution in [0.1, 0.15) is 138 Å². The fourth-order valence-electron chi connectivity index (χ4n) is 8.54. The molecule has 0 aliphatic carbocycles. The highest BCUT2D eigenvalue weighted by Crippen LogP contribution is 2.42. The van der Waals surface area contributed by atoms with Gasteiger partial charge in [0.2, 0.25) is 5.91 Å². The van der Waals surface area contributed by atoms with E-state index in [0.29, 0.717) is 13.0 Å². The Balaban J connectivity index is 1.07. The molecule has 4 atom stereocenters. The summed E-state index contributed by atoms with van der Waals surface area (Å²) < 4.78 is 13.6. The third-order valence-corrected chi connectivity index (χ3v) is 11.9. The normalized spacial score (nSPS) is 18.4. The van der Waals surface area contributed by atoms with Gasteiger partial charge in [-0.25, -0.2) is 0 Å². The van der Waals surface area contributed by atoms with Crippen LogP contribution < -0.4 is 5.32 Å². The number of nitrogens with zero attached hydrogens (tertiary/aromatic N) is 1. The Morgan fingerprint density at radius 3 is 1.89 bits per heavy atom. The van der Waals surface area contributed by atoms with Crippen LogP contribution in [-0.4, -0.2) is 35.6 Å². The quantitative estimate of drug-likeness (QED) is 0.0542. The number of aliphatic hydroxyl groups excluding tert-OH is 1. The van der Waals surface area contributed by atoms with E-state index in [0.717, 1.165) is 41.8 Å². The van der Waals surface area contributed by atoms with Crippen LogP contribution in [0.15, 0.2) is 103 Å². The van der Waals surface area contributed by atoms with Crippen LogP contribution in [0.2, 0.25) is 0 Å². The topological polar surface area (TPSA) is 71.0 Å². The number of unbranched alkanes of at least 4 members (excludes halogenated alkanes) is 12. The number of fused-ring (bicyclic) bond motifs is 2. The van der Waals surface area contributed by atoms with Crippen LogP contribution in [-0.2, 0) is 27.4 Å². The van der Waals surface area contributed by atoms with E-state index in [2.05, 4.69) is 97.8 Å². The van der Waals surface area contributed by atoms with E-state index in [9.17, 15) is 9.90 Å². The summed E-state index contributed by atoms with van der Waals surface area (Å²) in [5.41, 5.74) is 4.89. The summed E-state index contributed by atoms with van der Waals surface area (Å²) in [6, 6.07) is 35.6. The molecule has 1 fully saturated rings. The summed E-state index contributed by atoms with van der Waals surface area (Å²) in [4.78, 5) is 15.4. The van der Waals surface area contributed by atoms with Crippen molar-refractivity contribution >= 4 is 33.1 Å². The van der Waals surface area contributed by atoms with E-state index in [1.54, 1.807) is 0 Å². The molecule has 1 amide bonds. The summed E-state index contributed by atoms with van der Waals surface area (Å²) in [5.74, 6) is 0.104. The van der Waals surface area contributed by atoms with Crippen molar-refractivity contribution in [2.45, 2.75) is 135 Å². The Kier molecular flexibility index (Phi) is 16.6. The van der Waals surface area contributed by atoms with Crippen molar-refractivity contribution in [1.29, 1.82) is 0 Å². The number of benzene rings is 5. The lowest BCUT2D eigenvalue weighted by molar-refractivity contribution is -0.276. The van der Waals surface area contributed by atoms with Gasteiger partial charge in [0.1, 0.15) is 0 Å². The van der Waals surface area contributed by atoms with E-state index >= 15 is 0 Å². The standard InChI is InChI=1S/C51H66N2O4/c1-4-5-6-7-8-9-10-11-12-13-14-15-16-28-49(55)52-44-25-21-24-43(34-44)51-56-48(38(2)50(57-51)40-31-29-39(37-54)30-32-40)36-53(3)35-47-45-26-19-17-22-41(45)33-42-23-18-20-27-46(42)47/h17-27,29-34,38,48,50-51,54H,4-16,28,35-37H2,1-3H3,(H,52,55). The number of carbonyl (C=O) groups is 1. The minimum Gasteiger partial charge on any atom is -0.392 e. The third-order valence-electron chi connectivity index (χ3n) is 11.9. The van der Waals surface area contributed by atoms with Gasteiger partial charge in [0.05, 0.1) is 18.8 Å². The molecule has 1 aliphatic heterocycles. The molecule has 1 heterocycles. The SMILES string of the molecule is CCCCCCCCCCCCCCCC(=O)Nc1cccc(C2OC(CN(C)Cc3c4ccccc4cc4ccccc34)C(C)C(c3ccc(CO)cc3)O2)c1. The first-order valence-corrected chi connectivity index (χ1v) is 21.9. The Morgan fingerprint density at radius 2 is 1.28 bits per heavy atom. The molecule has 304 valence electrons. The second-order valence-corrected chi connectivity index (χ2v) is 16.5. The molecule has 0 spiro atoms. The number of hydrogen-bond acceptors (Lipinski definition) is 5. The van der Waals surface area contributed by atoms with Crippen LogP contribution in [0.5, 0.6) is 0 Å². The number of likely N-dealkylation sites (N-methyl/N-ethyl adjacent to an activating group) is 1. The van der Waals surface area contributed by atoms with Gasteiger partial charge >= 0.3 is 0 Å². The van der Waals surface area contributed by atoms with Gasteiger partial charge in [0, 0.05) is 36.7 Å². The van der Waals surface area contributed by atoms with Crippen molar-refractivity contribution in [3.63, 3.8) is 0 Å². The number of nitrogens with one attached hydrogen (secondary N) is 1. The minimum atomic E-state index is -0.613. The average Bonchev–Trinajstić information content (AvgIpc) is 3.23. The largest absolute Gasteiger partial charge is 0.392 e. The van der Waals surface area contributed by atoms with E-state index in [1.807, 2.05) is 36.4 Å². The highest BCUT2D eigenvalue weighted by Gasteiger charge is 2.39. The Bertz CT molecular complexity index is 1920. The third kappa shape index (κ3) is 12.2. The molecule has 6 rings (SSSR count). The first kappa shape index (κ1) is 42.5. The van der Waals surface area contributed by atoms with Gasteiger partial charge in [-0.1, -0.05) is 176 Å². The number of ether oxygens (including phenoxy) is 2. The van der Waals surface area contributed by atoms with Gasteiger partial charge in [-0.2, -0.15) is 0 Å². The molecular formula is C51H66N2O4. The van der Waals surface area contributed by atoms with E-state index in [-0.39, 0.29) is 30.6 Å². The first-order valence-electron chi connectivity index (χ1n) is 21.9. The summed E-state index contributed by atoms with van der Waals surface area (Å²) in [5, 5.41) is 17.9. The molecule has 0 saturated carbocycles. The zero-order valence-electron chi connectivity index (χ0n) is 34.8. The lowest BCUT2D eigenvalue weighted by Crippen LogP contribution is -2.43. The molecular weight excluding hydrogens is 705 g/mol. The summed E-state index contributed by atoms with van der Waals surface area (Å²) >= 11 is 0. The summed E-state index contributed by atoms with van der Waals surface area (Å²) in [6.45, 7) is 5.97. The second-order valence-electron chi connectivity index (χ2n) is 16.5. The molecule has 2 N–H and O–H groups in total. The molecule has 5 aromatic carbocycles. The van der Waals surface area contributed by atoms with Crippen molar-refractivity contribution in [2.75, 3.05) is 18.9 Å². The van der Waals surface area contributed by atoms with E-state index in [1.165, 1.54) is 97.7 Å². The highest BCUT2D eigenvalue weighted by atomic mass is 16.7. The molecule has 1 aliphatic rings. The molecule has 57 heavy (non-hydrogen) atoms. The molecule has 0 radical (unpaired) electrons. The van der Waals surface area contributed by atoms with Gasteiger partial charge in [0.15, 0.2) is 6.29 Å². The number of hydrogen-bond donors (Lipinski definition) is 2. The van der Waals surface area contributed by atoms with Crippen molar-refractivity contribution in [2.24, 2.45) is 5.92 Å². The number of rotatable bonds is 22. The second kappa shape index (κ2) is 22.2. The van der Waals surface area contributed by atoms with Gasteiger partial charge in [-0.05, 0) is 69.9 Å². The zero-order chi connectivity index (χ0) is 39.8. The van der Waals surface area contributed by atoms with Crippen molar-refractivity contribution < 1.29 is 19.4 Å². The maximum absolute atomic E-state index is 13.0. The summed E-state index contributed by atoms with van der Waals surface area (Å²) in [6.07, 6.45) is 16.3. The van der Waals surface area contributed by atoms with Crippen molar-refractivity contribution in [3.05, 3.63) is 125 Å². The van der Waals surface area contributed by atoms with Gasteiger partial charge in [0.25, 0.3) is 0 Å². The predicted molar refractivity (Wildman–Crippen MR) is 236 cm³/mol. The fraction of sp³-hybridized carbons (Fsp3) is 0.471. The maximum Gasteiger partial charge on any atom is 0.224 e. The van der Waals surface area contributed by atoms with Gasteiger partial charge in [-0.15, -0.1) is 0 Å². The summed E-state index contributed by atoms with van der Waals surface area (Å²) in [7, 11) is 2.18. The Labute approximate surface area is 342 Å². The van der Waals surface area contributed by atoms with Crippen LogP contribution in [0.4, 0.5) is 5.69 Å². The molecule has 1 saturated heterocycles. The molecule has 0 bridgehead atoms. The lowest BCUT2D eigenvalue weighted by atomic mass is 9.89. The monoisotopic (exact) mass is 771 g/mol. The average molecular weight is 771 g/mol. The molecule has 0 aromatic heterocycles. The van der Waals surface area contributed by atoms with Crippen LogP contribution in [0.3, 0.4) is 0 Å². The zero-order valence-corrected chi connectivity index (χ0v) is 34.8. The lowest BCUT2D eigenvalue weighted by Gasteiger charge is -2.42. The van der Waals surface area contributed by atoms with Crippen LogP contribution in [0.25, 0.3) is 21.5 Å². The molecule has 6 nitrogen and oxygen atoms in total. The van der Waals surface area contributed by atoms with E-state index in [4.69, 9.17) is 9.47 Å². The fourth-order valence-corrected chi connectivity index (χ4v) is 8.54. The van der Waals surface area contributed by atoms with Crippen LogP contribution >= 0.6 is 0 Å². The van der Waals surface area contributed by atoms with Crippen LogP contribution in [0, 0.1) is 5.92 Å². The Hall–Kier alpha value is -4.07. The van der Waals surface area contributed by atoms with Crippen molar-refractivity contribution in [3.8, 4) is 0 Å². The smallest absolute Gasteiger partial charge is 0.224 e. The van der Waals surface area contributed by atoms with Gasteiger partial charge < -0.3 is 19.9 Å². The molecule has 6 heteroatoms.